The van der Waals surface area contributed by atoms with E-state index in [4.69, 9.17) is 4.74 Å². The van der Waals surface area contributed by atoms with Crippen LogP contribution in [0.25, 0.3) is 0 Å². The van der Waals surface area contributed by atoms with Crippen LogP contribution in [-0.2, 0) is 4.74 Å². The number of hydrogen-bond acceptors (Lipinski definition) is 3. The maximum absolute atomic E-state index is 5.04. The lowest BCUT2D eigenvalue weighted by molar-refractivity contribution is 0.163. The van der Waals surface area contributed by atoms with E-state index in [2.05, 4.69) is 34.5 Å². The predicted octanol–water partition coefficient (Wildman–Crippen LogP) is 0.282. The molecule has 1 saturated carbocycles. The van der Waals surface area contributed by atoms with Crippen LogP contribution in [0.1, 0.15) is 19.8 Å². The predicted molar refractivity (Wildman–Crippen MR) is 71.5 cm³/mol. The van der Waals surface area contributed by atoms with E-state index in [9.17, 15) is 0 Å². The topological polar surface area (TPSA) is 48.9 Å². The number of rotatable bonds is 8. The van der Waals surface area contributed by atoms with Crippen LogP contribution in [0.2, 0.25) is 0 Å². The third kappa shape index (κ3) is 7.18. The molecule has 0 aromatic carbocycles. The van der Waals surface area contributed by atoms with Gasteiger partial charge in [-0.3, -0.25) is 4.99 Å². The fraction of sp³-hybridized carbons (Fsp3) is 0.917. The number of aliphatic imine (C=N–C) groups is 1. The van der Waals surface area contributed by atoms with Gasteiger partial charge in [-0.25, -0.2) is 0 Å². The molecular formula is C12H26N4O. The van der Waals surface area contributed by atoms with Crippen LogP contribution >= 0.6 is 0 Å². The van der Waals surface area contributed by atoms with Crippen molar-refractivity contribution >= 4 is 5.96 Å². The second-order valence-corrected chi connectivity index (χ2v) is 4.48. The summed E-state index contributed by atoms with van der Waals surface area (Å²) in [7, 11) is 3.82. The summed E-state index contributed by atoms with van der Waals surface area (Å²) >= 11 is 0. The second kappa shape index (κ2) is 8.31. The van der Waals surface area contributed by atoms with E-state index in [1.807, 2.05) is 0 Å². The fourth-order valence-electron chi connectivity index (χ4n) is 1.43. The number of nitrogens with one attached hydrogen (secondary N) is 2. The first-order valence-corrected chi connectivity index (χ1v) is 6.48. The van der Waals surface area contributed by atoms with E-state index in [1.54, 1.807) is 7.11 Å². The van der Waals surface area contributed by atoms with Crippen LogP contribution in [0.3, 0.4) is 0 Å². The molecule has 17 heavy (non-hydrogen) atoms. The summed E-state index contributed by atoms with van der Waals surface area (Å²) < 4.78 is 5.04. The Morgan fingerprint density at radius 3 is 2.76 bits per heavy atom. The Morgan fingerprint density at radius 1 is 1.41 bits per heavy atom. The maximum Gasteiger partial charge on any atom is 0.191 e. The van der Waals surface area contributed by atoms with E-state index in [0.29, 0.717) is 6.04 Å². The summed E-state index contributed by atoms with van der Waals surface area (Å²) in [5.41, 5.74) is 0. The molecule has 0 aromatic rings. The summed E-state index contributed by atoms with van der Waals surface area (Å²) in [5.74, 6) is 0.954. The zero-order chi connectivity index (χ0) is 12.5. The molecule has 0 bridgehead atoms. The largest absolute Gasteiger partial charge is 0.383 e. The van der Waals surface area contributed by atoms with Crippen LogP contribution < -0.4 is 10.6 Å². The van der Waals surface area contributed by atoms with Gasteiger partial charge in [0.05, 0.1) is 13.2 Å². The smallest absolute Gasteiger partial charge is 0.191 e. The van der Waals surface area contributed by atoms with Gasteiger partial charge in [-0.05, 0) is 26.8 Å². The Balaban J connectivity index is 2.17. The van der Waals surface area contributed by atoms with Gasteiger partial charge < -0.3 is 20.3 Å². The van der Waals surface area contributed by atoms with Crippen molar-refractivity contribution in [1.29, 1.82) is 0 Å². The van der Waals surface area contributed by atoms with E-state index in [1.165, 1.54) is 12.8 Å². The number of hydrogen-bond donors (Lipinski definition) is 2. The van der Waals surface area contributed by atoms with Gasteiger partial charge in [-0.2, -0.15) is 0 Å². The van der Waals surface area contributed by atoms with Crippen LogP contribution in [0.5, 0.6) is 0 Å². The number of nitrogens with zero attached hydrogens (tertiary/aromatic N) is 2. The zero-order valence-electron chi connectivity index (χ0n) is 11.3. The molecule has 1 aliphatic rings. The summed E-state index contributed by atoms with van der Waals surface area (Å²) in [5, 5.41) is 6.67. The van der Waals surface area contributed by atoms with Gasteiger partial charge in [0.15, 0.2) is 5.96 Å². The van der Waals surface area contributed by atoms with Crippen molar-refractivity contribution in [3.63, 3.8) is 0 Å². The summed E-state index contributed by atoms with van der Waals surface area (Å²) in [6.07, 6.45) is 2.55. The van der Waals surface area contributed by atoms with E-state index < -0.39 is 0 Å². The van der Waals surface area contributed by atoms with Crippen LogP contribution in [0.15, 0.2) is 4.99 Å². The quantitative estimate of drug-likeness (QED) is 0.474. The SMILES string of the molecule is CCNC(=NCCN(C)CCOC)NC1CC1. The molecule has 1 aliphatic carbocycles. The monoisotopic (exact) mass is 242 g/mol. The fourth-order valence-corrected chi connectivity index (χ4v) is 1.43. The van der Waals surface area contributed by atoms with Crippen molar-refractivity contribution in [2.45, 2.75) is 25.8 Å². The molecule has 100 valence electrons. The van der Waals surface area contributed by atoms with Crippen molar-refractivity contribution in [1.82, 2.24) is 15.5 Å². The van der Waals surface area contributed by atoms with Gasteiger partial charge in [0.25, 0.3) is 0 Å². The lowest BCUT2D eigenvalue weighted by atomic mass is 10.5. The molecule has 0 aromatic heterocycles. The van der Waals surface area contributed by atoms with E-state index >= 15 is 0 Å². The van der Waals surface area contributed by atoms with Crippen molar-refractivity contribution in [3.05, 3.63) is 0 Å². The highest BCUT2D eigenvalue weighted by Crippen LogP contribution is 2.18. The van der Waals surface area contributed by atoms with Gasteiger partial charge in [-0.15, -0.1) is 0 Å². The van der Waals surface area contributed by atoms with E-state index in [-0.39, 0.29) is 0 Å². The molecule has 5 nitrogen and oxygen atoms in total. The maximum atomic E-state index is 5.04. The van der Waals surface area contributed by atoms with Gasteiger partial charge >= 0.3 is 0 Å². The zero-order valence-corrected chi connectivity index (χ0v) is 11.3. The Morgan fingerprint density at radius 2 is 2.18 bits per heavy atom. The summed E-state index contributed by atoms with van der Waals surface area (Å²) in [6, 6.07) is 0.652. The highest BCUT2D eigenvalue weighted by atomic mass is 16.5. The Hall–Kier alpha value is -0.810. The summed E-state index contributed by atoms with van der Waals surface area (Å²) in [4.78, 5) is 6.78. The second-order valence-electron chi connectivity index (χ2n) is 4.48. The Kier molecular flexibility index (Phi) is 6.96. The third-order valence-corrected chi connectivity index (χ3v) is 2.69. The molecule has 1 rings (SSSR count). The van der Waals surface area contributed by atoms with Gasteiger partial charge in [0.2, 0.25) is 0 Å². The normalized spacial score (nSPS) is 16.4. The van der Waals surface area contributed by atoms with Gasteiger partial charge in [0.1, 0.15) is 0 Å². The molecule has 0 unspecified atom stereocenters. The number of guanidine groups is 1. The first kappa shape index (κ1) is 14.3. The molecule has 0 heterocycles. The average molecular weight is 242 g/mol. The van der Waals surface area contributed by atoms with E-state index in [0.717, 1.165) is 38.7 Å². The molecule has 0 saturated heterocycles. The Labute approximate surface area is 105 Å². The molecular weight excluding hydrogens is 216 g/mol. The summed E-state index contributed by atoms with van der Waals surface area (Å²) in [6.45, 7) is 6.53. The van der Waals surface area contributed by atoms with Gasteiger partial charge in [0, 0.05) is 32.8 Å². The van der Waals surface area contributed by atoms with Crippen LogP contribution in [0.4, 0.5) is 0 Å². The van der Waals surface area contributed by atoms with Crippen molar-refractivity contribution < 1.29 is 4.74 Å². The van der Waals surface area contributed by atoms with Gasteiger partial charge in [-0.1, -0.05) is 0 Å². The first-order chi connectivity index (χ1) is 8.26. The molecule has 0 radical (unpaired) electrons. The standard InChI is InChI=1S/C12H26N4O/c1-4-13-12(15-11-5-6-11)14-7-8-16(2)9-10-17-3/h11H,4-10H2,1-3H3,(H2,13,14,15). The molecule has 5 heteroatoms. The van der Waals surface area contributed by atoms with Crippen molar-refractivity contribution in [2.75, 3.05) is 46.9 Å². The molecule has 0 atom stereocenters. The first-order valence-electron chi connectivity index (χ1n) is 6.48. The Bertz CT molecular complexity index is 229. The molecule has 1 fully saturated rings. The average Bonchev–Trinajstić information content (AvgIpc) is 3.10. The molecule has 0 spiro atoms. The molecule has 0 aliphatic heterocycles. The lowest BCUT2D eigenvalue weighted by Crippen LogP contribution is -2.39. The number of ether oxygens (including phenoxy) is 1. The lowest BCUT2D eigenvalue weighted by Gasteiger charge is -2.15. The van der Waals surface area contributed by atoms with Crippen LogP contribution in [0, 0.1) is 0 Å². The minimum absolute atomic E-state index is 0.652. The third-order valence-electron chi connectivity index (χ3n) is 2.69. The van der Waals surface area contributed by atoms with Crippen molar-refractivity contribution in [3.8, 4) is 0 Å². The molecule has 2 N–H and O–H groups in total. The van der Waals surface area contributed by atoms with Crippen LogP contribution in [-0.4, -0.2) is 63.8 Å². The number of methoxy groups -OCH3 is 1. The highest BCUT2D eigenvalue weighted by molar-refractivity contribution is 5.80. The minimum atomic E-state index is 0.652. The minimum Gasteiger partial charge on any atom is -0.383 e. The highest BCUT2D eigenvalue weighted by Gasteiger charge is 2.21. The number of likely N-dealkylation sites (N-methyl/N-ethyl adjacent to an activating group) is 1. The van der Waals surface area contributed by atoms with Crippen molar-refractivity contribution in [2.24, 2.45) is 4.99 Å². The molecule has 0 amide bonds.